The predicted octanol–water partition coefficient (Wildman–Crippen LogP) is 4.19. The van der Waals surface area contributed by atoms with Crippen LogP contribution in [0.5, 0.6) is 0 Å². The van der Waals surface area contributed by atoms with Gasteiger partial charge >= 0.3 is 0 Å². The van der Waals surface area contributed by atoms with E-state index in [9.17, 15) is 8.42 Å². The van der Waals surface area contributed by atoms with Crippen molar-refractivity contribution in [3.8, 4) is 0 Å². The second kappa shape index (κ2) is 7.98. The quantitative estimate of drug-likeness (QED) is 0.653. The molecule has 28 heavy (non-hydrogen) atoms. The first-order valence-electron chi connectivity index (χ1n) is 8.96. The second-order valence-corrected chi connectivity index (χ2v) is 9.21. The molecule has 2 aromatic heterocycles. The summed E-state index contributed by atoms with van der Waals surface area (Å²) in [5.41, 5.74) is 2.89. The van der Waals surface area contributed by atoms with Crippen LogP contribution in [0, 0.1) is 0 Å². The maximum absolute atomic E-state index is 12.6. The number of aromatic nitrogens is 2. The highest BCUT2D eigenvalue weighted by molar-refractivity contribution is 7.92. The lowest BCUT2D eigenvalue weighted by Gasteiger charge is -2.19. The lowest BCUT2D eigenvalue weighted by atomic mass is 9.87. The fourth-order valence-electron chi connectivity index (χ4n) is 2.60. The molecule has 3 aromatic rings. The molecule has 3 rings (SSSR count). The van der Waals surface area contributed by atoms with Gasteiger partial charge < -0.3 is 5.32 Å². The molecule has 0 aliphatic carbocycles. The molecule has 0 unspecified atom stereocenters. The largest absolute Gasteiger partial charge is 0.380 e. The van der Waals surface area contributed by atoms with Crippen molar-refractivity contribution in [2.75, 3.05) is 10.0 Å². The van der Waals surface area contributed by atoms with Gasteiger partial charge in [-0.1, -0.05) is 39.0 Å². The van der Waals surface area contributed by atoms with Crippen molar-refractivity contribution in [1.82, 2.24) is 9.97 Å². The Balaban J connectivity index is 1.65. The lowest BCUT2D eigenvalue weighted by Crippen LogP contribution is -2.15. The van der Waals surface area contributed by atoms with E-state index in [2.05, 4.69) is 40.8 Å². The third kappa shape index (κ3) is 5.07. The zero-order valence-corrected chi connectivity index (χ0v) is 17.0. The lowest BCUT2D eigenvalue weighted by molar-refractivity contribution is 0.587. The smallest absolute Gasteiger partial charge is 0.263 e. The van der Waals surface area contributed by atoms with Crippen LogP contribution in [0.2, 0.25) is 0 Å². The Morgan fingerprint density at radius 2 is 1.71 bits per heavy atom. The van der Waals surface area contributed by atoms with E-state index in [4.69, 9.17) is 0 Å². The highest BCUT2D eigenvalue weighted by atomic mass is 32.2. The Hall–Kier alpha value is -2.93. The van der Waals surface area contributed by atoms with E-state index in [1.165, 1.54) is 0 Å². The van der Waals surface area contributed by atoms with Crippen LogP contribution in [0.15, 0.2) is 72.0 Å². The minimum atomic E-state index is -3.68. The first-order chi connectivity index (χ1) is 13.2. The summed E-state index contributed by atoms with van der Waals surface area (Å²) in [7, 11) is -3.68. The van der Waals surface area contributed by atoms with Crippen molar-refractivity contribution >= 4 is 21.5 Å². The third-order valence-corrected chi connectivity index (χ3v) is 5.62. The number of sulfonamides is 1. The fourth-order valence-corrected chi connectivity index (χ4v) is 3.60. The summed E-state index contributed by atoms with van der Waals surface area (Å²) in [6.07, 6.45) is 5.10. The summed E-state index contributed by atoms with van der Waals surface area (Å²) >= 11 is 0. The van der Waals surface area contributed by atoms with Crippen LogP contribution in [-0.2, 0) is 22.0 Å². The van der Waals surface area contributed by atoms with Gasteiger partial charge in [-0.3, -0.25) is 9.71 Å². The van der Waals surface area contributed by atoms with Crippen LogP contribution in [0.3, 0.4) is 0 Å². The number of nitrogens with one attached hydrogen (secondary N) is 2. The highest BCUT2D eigenvalue weighted by Crippen LogP contribution is 2.24. The second-order valence-electron chi connectivity index (χ2n) is 7.53. The maximum Gasteiger partial charge on any atom is 0.263 e. The summed E-state index contributed by atoms with van der Waals surface area (Å²) in [6, 6.07) is 14.2. The molecule has 7 heteroatoms. The molecule has 146 valence electrons. The first-order valence-corrected chi connectivity index (χ1v) is 10.4. The summed E-state index contributed by atoms with van der Waals surface area (Å²) in [5, 5.41) is 3.22. The zero-order chi connectivity index (χ0) is 20.2. The van der Waals surface area contributed by atoms with Gasteiger partial charge in [-0.25, -0.2) is 13.4 Å². The molecule has 0 amide bonds. The van der Waals surface area contributed by atoms with Gasteiger partial charge in [0.25, 0.3) is 10.0 Å². The van der Waals surface area contributed by atoms with E-state index in [-0.39, 0.29) is 16.1 Å². The monoisotopic (exact) mass is 396 g/mol. The fraction of sp³-hybridized carbons (Fsp3) is 0.238. The van der Waals surface area contributed by atoms with Crippen molar-refractivity contribution in [2.45, 2.75) is 37.6 Å². The van der Waals surface area contributed by atoms with Crippen molar-refractivity contribution in [1.29, 1.82) is 0 Å². The summed E-state index contributed by atoms with van der Waals surface area (Å²) in [4.78, 5) is 8.47. The Kier molecular flexibility index (Phi) is 5.65. The maximum atomic E-state index is 12.6. The van der Waals surface area contributed by atoms with Gasteiger partial charge in [-0.05, 0) is 46.9 Å². The molecule has 1 aromatic carbocycles. The Morgan fingerprint density at radius 1 is 0.964 bits per heavy atom. The van der Waals surface area contributed by atoms with Crippen molar-refractivity contribution in [3.05, 3.63) is 78.2 Å². The van der Waals surface area contributed by atoms with Crippen molar-refractivity contribution in [3.63, 3.8) is 0 Å². The number of hydrogen-bond acceptors (Lipinski definition) is 5. The van der Waals surface area contributed by atoms with Gasteiger partial charge in [-0.15, -0.1) is 0 Å². The van der Waals surface area contributed by atoms with Gasteiger partial charge in [0.2, 0.25) is 0 Å². The third-order valence-electron chi connectivity index (χ3n) is 4.25. The molecule has 0 radical (unpaired) electrons. The van der Waals surface area contributed by atoms with Gasteiger partial charge in [0.15, 0.2) is 0 Å². The van der Waals surface area contributed by atoms with Crippen LogP contribution in [0.4, 0.5) is 11.5 Å². The highest BCUT2D eigenvalue weighted by Gasteiger charge is 2.18. The van der Waals surface area contributed by atoms with Gasteiger partial charge in [0, 0.05) is 18.9 Å². The average molecular weight is 397 g/mol. The van der Waals surface area contributed by atoms with Crippen LogP contribution in [-0.4, -0.2) is 18.4 Å². The van der Waals surface area contributed by atoms with E-state index in [1.54, 1.807) is 42.9 Å². The molecule has 0 fully saturated rings. The number of benzene rings is 1. The first kappa shape index (κ1) is 19.8. The van der Waals surface area contributed by atoms with Crippen LogP contribution in [0.25, 0.3) is 0 Å². The molecule has 0 aliphatic rings. The van der Waals surface area contributed by atoms with Crippen LogP contribution >= 0.6 is 0 Å². The summed E-state index contributed by atoms with van der Waals surface area (Å²) in [6.45, 7) is 6.87. The molecule has 6 nitrogen and oxygen atoms in total. The van der Waals surface area contributed by atoms with Crippen molar-refractivity contribution in [2.24, 2.45) is 0 Å². The summed E-state index contributed by atoms with van der Waals surface area (Å²) in [5.74, 6) is 0.270. The Labute approximate surface area is 166 Å². The topological polar surface area (TPSA) is 84.0 Å². The van der Waals surface area contributed by atoms with E-state index in [0.717, 1.165) is 16.8 Å². The minimum absolute atomic E-state index is 0.0318. The molecule has 0 atom stereocenters. The molecule has 2 N–H and O–H groups in total. The Bertz CT molecular complexity index is 1010. The molecule has 0 saturated carbocycles. The standard InChI is InChI=1S/C21H24N4O2S/c1-21(2,3)17-6-9-19(10-7-17)28(26,27)25-20-11-8-18(15-24-20)23-14-16-5-4-12-22-13-16/h4-13,15,23H,14H2,1-3H3,(H,24,25). The van der Waals surface area contributed by atoms with Gasteiger partial charge in [-0.2, -0.15) is 0 Å². The summed E-state index contributed by atoms with van der Waals surface area (Å²) < 4.78 is 27.7. The molecule has 0 aliphatic heterocycles. The minimum Gasteiger partial charge on any atom is -0.380 e. The van der Waals surface area contributed by atoms with Crippen LogP contribution < -0.4 is 10.0 Å². The number of pyridine rings is 2. The normalized spacial score (nSPS) is 11.8. The van der Waals surface area contributed by atoms with Gasteiger partial charge in [0.1, 0.15) is 5.82 Å². The van der Waals surface area contributed by atoms with Crippen molar-refractivity contribution < 1.29 is 8.42 Å². The number of rotatable bonds is 6. The Morgan fingerprint density at radius 3 is 2.29 bits per heavy atom. The molecule has 0 bridgehead atoms. The number of nitrogens with zero attached hydrogens (tertiary/aromatic N) is 2. The molecule has 2 heterocycles. The number of hydrogen-bond donors (Lipinski definition) is 2. The van der Waals surface area contributed by atoms with E-state index < -0.39 is 10.0 Å². The van der Waals surface area contributed by atoms with Crippen LogP contribution in [0.1, 0.15) is 31.9 Å². The zero-order valence-electron chi connectivity index (χ0n) is 16.2. The number of anilines is 2. The van der Waals surface area contributed by atoms with Gasteiger partial charge in [0.05, 0.1) is 16.8 Å². The SMILES string of the molecule is CC(C)(C)c1ccc(S(=O)(=O)Nc2ccc(NCc3cccnc3)cn2)cc1. The molecule has 0 spiro atoms. The van der Waals surface area contributed by atoms with E-state index >= 15 is 0 Å². The molecular formula is C21H24N4O2S. The van der Waals surface area contributed by atoms with E-state index in [1.807, 2.05) is 24.3 Å². The predicted molar refractivity (Wildman–Crippen MR) is 112 cm³/mol. The average Bonchev–Trinajstić information content (AvgIpc) is 2.67. The molecular weight excluding hydrogens is 372 g/mol. The van der Waals surface area contributed by atoms with E-state index in [0.29, 0.717) is 6.54 Å². The molecule has 0 saturated heterocycles.